The lowest BCUT2D eigenvalue weighted by Crippen LogP contribution is -1.91. The number of aromatic hydroxyl groups is 1. The highest BCUT2D eigenvalue weighted by molar-refractivity contribution is 6.36. The number of hydrogen-bond donors (Lipinski definition) is 1. The number of benzene rings is 3. The Morgan fingerprint density at radius 3 is 2.50 bits per heavy atom. The first-order valence-electron chi connectivity index (χ1n) is 6.60. The fraction of sp³-hybridized carbons (Fsp3) is 0.111. The van der Waals surface area contributed by atoms with Crippen molar-refractivity contribution < 1.29 is 5.11 Å². The molecule has 0 aliphatic rings. The van der Waals surface area contributed by atoms with E-state index in [1.165, 1.54) is 0 Å². The van der Waals surface area contributed by atoms with Crippen LogP contribution in [-0.4, -0.2) is 5.11 Å². The maximum Gasteiger partial charge on any atom is 0.127 e. The lowest BCUT2D eigenvalue weighted by atomic mass is 9.97. The van der Waals surface area contributed by atoms with Crippen LogP contribution in [0.25, 0.3) is 10.8 Å². The molecule has 100 valence electrons. The zero-order valence-electron chi connectivity index (χ0n) is 11.2. The molecule has 0 spiro atoms. The number of rotatable bonds is 2. The summed E-state index contributed by atoms with van der Waals surface area (Å²) in [4.78, 5) is 0. The van der Waals surface area contributed by atoms with Gasteiger partial charge in [0.05, 0.1) is 0 Å². The van der Waals surface area contributed by atoms with Gasteiger partial charge >= 0.3 is 0 Å². The summed E-state index contributed by atoms with van der Waals surface area (Å²) < 4.78 is 0. The molecule has 0 saturated carbocycles. The number of halogens is 1. The molecule has 0 aliphatic carbocycles. The predicted molar refractivity (Wildman–Crippen MR) is 84.6 cm³/mol. The van der Waals surface area contributed by atoms with E-state index >= 15 is 0 Å². The molecule has 0 atom stereocenters. The number of aryl methyl sites for hydroxylation is 1. The second kappa shape index (κ2) is 5.18. The third-order valence-electron chi connectivity index (χ3n) is 3.61. The van der Waals surface area contributed by atoms with Crippen LogP contribution < -0.4 is 0 Å². The number of hydrogen-bond acceptors (Lipinski definition) is 1. The molecule has 20 heavy (non-hydrogen) atoms. The Balaban J connectivity index is 2.18. The average molecular weight is 283 g/mol. The molecule has 0 saturated heterocycles. The van der Waals surface area contributed by atoms with E-state index in [1.807, 2.05) is 49.4 Å². The van der Waals surface area contributed by atoms with Crippen LogP contribution in [0.4, 0.5) is 0 Å². The van der Waals surface area contributed by atoms with Gasteiger partial charge in [-0.1, -0.05) is 60.1 Å². The molecule has 2 heteroatoms. The molecule has 0 radical (unpaired) electrons. The summed E-state index contributed by atoms with van der Waals surface area (Å²) in [5.74, 6) is 0.339. The van der Waals surface area contributed by atoms with Gasteiger partial charge in [-0.3, -0.25) is 0 Å². The third kappa shape index (κ3) is 2.25. The van der Waals surface area contributed by atoms with Crippen molar-refractivity contribution in [3.8, 4) is 5.75 Å². The largest absolute Gasteiger partial charge is 0.507 e. The van der Waals surface area contributed by atoms with E-state index < -0.39 is 0 Å². The SMILES string of the molecule is Cc1cccc2c(Cl)cc(Cc3ccccc3)c(O)c12. The molecule has 3 aromatic carbocycles. The molecule has 0 heterocycles. The molecular weight excluding hydrogens is 268 g/mol. The van der Waals surface area contributed by atoms with Crippen molar-refractivity contribution in [3.63, 3.8) is 0 Å². The molecule has 1 N–H and O–H groups in total. The van der Waals surface area contributed by atoms with Crippen LogP contribution in [0.5, 0.6) is 5.75 Å². The molecule has 0 unspecified atom stereocenters. The fourth-order valence-corrected chi connectivity index (χ4v) is 2.88. The first kappa shape index (κ1) is 13.0. The highest BCUT2D eigenvalue weighted by atomic mass is 35.5. The molecule has 0 amide bonds. The van der Waals surface area contributed by atoms with Crippen LogP contribution in [0.3, 0.4) is 0 Å². The van der Waals surface area contributed by atoms with Gasteiger partial charge < -0.3 is 5.11 Å². The molecule has 0 aliphatic heterocycles. The van der Waals surface area contributed by atoms with E-state index in [9.17, 15) is 5.11 Å². The first-order valence-corrected chi connectivity index (χ1v) is 6.98. The van der Waals surface area contributed by atoms with Crippen molar-refractivity contribution in [1.29, 1.82) is 0 Å². The monoisotopic (exact) mass is 282 g/mol. The second-order valence-electron chi connectivity index (χ2n) is 5.03. The van der Waals surface area contributed by atoms with Gasteiger partial charge in [0.25, 0.3) is 0 Å². The van der Waals surface area contributed by atoms with Crippen LogP contribution in [0, 0.1) is 6.92 Å². The molecule has 0 fully saturated rings. The van der Waals surface area contributed by atoms with Crippen LogP contribution in [0.2, 0.25) is 5.02 Å². The van der Waals surface area contributed by atoms with Crippen LogP contribution in [-0.2, 0) is 6.42 Å². The molecular formula is C18H15ClO. The van der Waals surface area contributed by atoms with Crippen molar-refractivity contribution in [2.24, 2.45) is 0 Å². The van der Waals surface area contributed by atoms with Crippen LogP contribution in [0.1, 0.15) is 16.7 Å². The zero-order valence-corrected chi connectivity index (χ0v) is 12.0. The first-order chi connectivity index (χ1) is 9.66. The van der Waals surface area contributed by atoms with Crippen molar-refractivity contribution in [2.75, 3.05) is 0 Å². The third-order valence-corrected chi connectivity index (χ3v) is 3.92. The van der Waals surface area contributed by atoms with Crippen molar-refractivity contribution >= 4 is 22.4 Å². The summed E-state index contributed by atoms with van der Waals surface area (Å²) in [6, 6.07) is 17.8. The van der Waals surface area contributed by atoms with Gasteiger partial charge in [-0.15, -0.1) is 0 Å². The van der Waals surface area contributed by atoms with Crippen LogP contribution >= 0.6 is 11.6 Å². The molecule has 0 aromatic heterocycles. The van der Waals surface area contributed by atoms with Crippen molar-refractivity contribution in [1.82, 2.24) is 0 Å². The summed E-state index contributed by atoms with van der Waals surface area (Å²) in [5, 5.41) is 13.0. The average Bonchev–Trinajstić information content (AvgIpc) is 2.45. The van der Waals surface area contributed by atoms with Crippen LogP contribution in [0.15, 0.2) is 54.6 Å². The van der Waals surface area contributed by atoms with Gasteiger partial charge in [-0.25, -0.2) is 0 Å². The van der Waals surface area contributed by atoms with Gasteiger partial charge in [0.2, 0.25) is 0 Å². The maximum absolute atomic E-state index is 10.6. The Kier molecular flexibility index (Phi) is 3.37. The van der Waals surface area contributed by atoms with Gasteiger partial charge in [-0.2, -0.15) is 0 Å². The molecule has 3 aromatic rings. The number of fused-ring (bicyclic) bond motifs is 1. The van der Waals surface area contributed by atoms with Gasteiger partial charge in [-0.05, 0) is 24.1 Å². The minimum atomic E-state index is 0.339. The topological polar surface area (TPSA) is 20.2 Å². The van der Waals surface area contributed by atoms with Crippen molar-refractivity contribution in [2.45, 2.75) is 13.3 Å². The predicted octanol–water partition coefficient (Wildman–Crippen LogP) is 5.10. The molecule has 1 nitrogen and oxygen atoms in total. The number of phenols is 1. The highest BCUT2D eigenvalue weighted by Gasteiger charge is 2.12. The van der Waals surface area contributed by atoms with Gasteiger partial charge in [0, 0.05) is 27.8 Å². The number of phenolic OH excluding ortho intramolecular Hbond substituents is 1. The normalized spacial score (nSPS) is 10.9. The summed E-state index contributed by atoms with van der Waals surface area (Å²) in [6.07, 6.45) is 0.677. The lowest BCUT2D eigenvalue weighted by Gasteiger charge is -2.12. The van der Waals surface area contributed by atoms with E-state index in [4.69, 9.17) is 11.6 Å². The van der Waals surface area contributed by atoms with Crippen molar-refractivity contribution in [3.05, 3.63) is 76.3 Å². The Bertz CT molecular complexity index is 763. The minimum Gasteiger partial charge on any atom is -0.507 e. The Hall–Kier alpha value is -1.99. The molecule has 0 bridgehead atoms. The summed E-state index contributed by atoms with van der Waals surface area (Å²) in [7, 11) is 0. The lowest BCUT2D eigenvalue weighted by molar-refractivity contribution is 0.475. The molecule has 3 rings (SSSR count). The Morgan fingerprint density at radius 2 is 1.75 bits per heavy atom. The summed E-state index contributed by atoms with van der Waals surface area (Å²) in [6.45, 7) is 1.99. The fourth-order valence-electron chi connectivity index (χ4n) is 2.59. The highest BCUT2D eigenvalue weighted by Crippen LogP contribution is 2.37. The Morgan fingerprint density at radius 1 is 1.00 bits per heavy atom. The van der Waals surface area contributed by atoms with E-state index in [0.717, 1.165) is 27.5 Å². The van der Waals surface area contributed by atoms with Gasteiger partial charge in [0.1, 0.15) is 5.75 Å². The van der Waals surface area contributed by atoms with Gasteiger partial charge in [0.15, 0.2) is 0 Å². The summed E-state index contributed by atoms with van der Waals surface area (Å²) >= 11 is 6.36. The second-order valence-corrected chi connectivity index (χ2v) is 5.43. The summed E-state index contributed by atoms with van der Waals surface area (Å²) in [5.41, 5.74) is 3.06. The van der Waals surface area contributed by atoms with E-state index in [-0.39, 0.29) is 0 Å². The maximum atomic E-state index is 10.6. The van der Waals surface area contributed by atoms with E-state index in [1.54, 1.807) is 0 Å². The standard InChI is InChI=1S/C18H15ClO/c1-12-6-5-9-15-16(19)11-14(18(20)17(12)15)10-13-7-3-2-4-8-13/h2-9,11,20H,10H2,1H3. The smallest absolute Gasteiger partial charge is 0.127 e. The quantitative estimate of drug-likeness (QED) is 0.693. The van der Waals surface area contributed by atoms with E-state index in [2.05, 4.69) is 12.1 Å². The Labute approximate surface area is 123 Å². The minimum absolute atomic E-state index is 0.339. The zero-order chi connectivity index (χ0) is 14.1. The van der Waals surface area contributed by atoms with E-state index in [0.29, 0.717) is 17.2 Å².